The maximum absolute atomic E-state index is 14.7. The molecular formula is C39H57ClN2O10Si. The van der Waals surface area contributed by atoms with Gasteiger partial charge < -0.3 is 43.4 Å². The molecule has 14 heteroatoms. The third-order valence-corrected chi connectivity index (χ3v) is 16.3. The number of carbonyl (C=O) groups excluding carboxylic acids is 2. The smallest absolute Gasteiger partial charge is 0.326 e. The fourth-order valence-corrected chi connectivity index (χ4v) is 12.6. The first-order chi connectivity index (χ1) is 25.2. The molecular weight excluding hydrogens is 720 g/mol. The number of likely N-dealkylation sites (tertiary alicyclic amines) is 1. The van der Waals surface area contributed by atoms with Crippen molar-refractivity contribution in [2.75, 3.05) is 41.5 Å². The van der Waals surface area contributed by atoms with Crippen molar-refractivity contribution in [1.82, 2.24) is 10.2 Å². The fourth-order valence-electron chi connectivity index (χ4n) is 7.90. The zero-order valence-corrected chi connectivity index (χ0v) is 33.9. The van der Waals surface area contributed by atoms with Gasteiger partial charge in [-0.3, -0.25) is 9.59 Å². The van der Waals surface area contributed by atoms with Crippen LogP contribution in [0.4, 0.5) is 0 Å². The Kier molecular flexibility index (Phi) is 15.5. The van der Waals surface area contributed by atoms with Crippen LogP contribution in [0.1, 0.15) is 53.9 Å². The van der Waals surface area contributed by atoms with E-state index in [1.165, 1.54) is 26.2 Å². The number of hydrogen-bond acceptors (Lipinski definition) is 9. The van der Waals surface area contributed by atoms with Crippen molar-refractivity contribution in [1.29, 1.82) is 0 Å². The highest BCUT2D eigenvalue weighted by Gasteiger charge is 2.55. The van der Waals surface area contributed by atoms with Crippen molar-refractivity contribution in [2.45, 2.75) is 101 Å². The van der Waals surface area contributed by atoms with E-state index in [1.807, 2.05) is 50.2 Å². The summed E-state index contributed by atoms with van der Waals surface area (Å²) >= 11 is 6.95. The quantitative estimate of drug-likeness (QED) is 0.131. The molecule has 8 atom stereocenters. The fraction of sp³-hybridized carbons (Fsp3) is 0.615. The van der Waals surface area contributed by atoms with Crippen LogP contribution >= 0.6 is 11.6 Å². The van der Waals surface area contributed by atoms with E-state index >= 15 is 0 Å². The number of aliphatic carboxylic acids is 1. The molecule has 1 saturated carbocycles. The molecule has 0 unspecified atom stereocenters. The predicted octanol–water partition coefficient (Wildman–Crippen LogP) is 3.77. The Morgan fingerprint density at radius 2 is 1.42 bits per heavy atom. The summed E-state index contributed by atoms with van der Waals surface area (Å²) in [6, 6.07) is 17.2. The first-order valence-electron chi connectivity index (χ1n) is 18.2. The molecule has 2 N–H and O–H groups in total. The number of benzene rings is 2. The Morgan fingerprint density at radius 3 is 1.87 bits per heavy atom. The van der Waals surface area contributed by atoms with Gasteiger partial charge in [-0.15, -0.1) is 11.6 Å². The number of carbonyl (C=O) groups is 3. The molecule has 53 heavy (non-hydrogen) atoms. The first-order valence-corrected chi connectivity index (χ1v) is 20.5. The third-order valence-electron chi connectivity index (χ3n) is 10.5. The van der Waals surface area contributed by atoms with E-state index in [1.54, 1.807) is 0 Å². The molecule has 1 aliphatic carbocycles. The molecule has 1 aliphatic heterocycles. The van der Waals surface area contributed by atoms with Crippen LogP contribution in [-0.4, -0.2) is 119 Å². The summed E-state index contributed by atoms with van der Waals surface area (Å²) in [5.74, 6) is -2.74. The third kappa shape index (κ3) is 9.68. The average molecular weight is 777 g/mol. The van der Waals surface area contributed by atoms with Crippen LogP contribution in [0.15, 0.2) is 60.7 Å². The minimum Gasteiger partial charge on any atom is -0.480 e. The van der Waals surface area contributed by atoms with Crippen LogP contribution < -0.4 is 15.7 Å². The van der Waals surface area contributed by atoms with E-state index in [4.69, 9.17) is 39.7 Å². The molecule has 1 saturated heterocycles. The summed E-state index contributed by atoms with van der Waals surface area (Å²) in [5, 5.41) is 14.1. The lowest BCUT2D eigenvalue weighted by atomic mass is 9.81. The Hall–Kier alpha value is -2.88. The van der Waals surface area contributed by atoms with Crippen molar-refractivity contribution < 1.29 is 47.6 Å². The molecule has 4 rings (SSSR count). The van der Waals surface area contributed by atoms with Crippen LogP contribution in [0.5, 0.6) is 0 Å². The SMILES string of the molecule is COCO[C@H]1C[C@H]2C[C@@H](C(=O)O)N(C(=O)[C@H](NC(=O)[C@@H](CO[Si](c3ccccc3)(c3ccccc3)C(C)(C)C)OC)[C@H](Cl)C(C)C)[C@H]2C[C@@H]1OCOC. The molecule has 294 valence electrons. The highest BCUT2D eigenvalue weighted by molar-refractivity contribution is 6.99. The van der Waals surface area contributed by atoms with Gasteiger partial charge in [-0.25, -0.2) is 4.79 Å². The Morgan fingerprint density at radius 1 is 0.887 bits per heavy atom. The number of halogens is 1. The monoisotopic (exact) mass is 776 g/mol. The number of carboxylic acids is 1. The highest BCUT2D eigenvalue weighted by Crippen LogP contribution is 2.43. The lowest BCUT2D eigenvalue weighted by Gasteiger charge is -2.43. The lowest BCUT2D eigenvalue weighted by Crippen LogP contribution is -2.67. The van der Waals surface area contributed by atoms with Gasteiger partial charge in [0.1, 0.15) is 25.7 Å². The molecule has 0 radical (unpaired) electrons. The minimum absolute atomic E-state index is 0.00460. The normalized spacial score (nSPS) is 23.7. The number of nitrogens with one attached hydrogen (secondary N) is 1. The molecule has 0 aromatic heterocycles. The molecule has 2 aromatic rings. The number of alkyl halides is 1. The van der Waals surface area contributed by atoms with Gasteiger partial charge in [0.25, 0.3) is 14.2 Å². The number of methoxy groups -OCH3 is 3. The summed E-state index contributed by atoms with van der Waals surface area (Å²) in [7, 11) is 1.42. The number of nitrogens with zero attached hydrogens (tertiary/aromatic N) is 1. The van der Waals surface area contributed by atoms with E-state index in [9.17, 15) is 19.5 Å². The van der Waals surface area contributed by atoms with E-state index in [-0.39, 0.29) is 49.6 Å². The summed E-state index contributed by atoms with van der Waals surface area (Å²) in [5.41, 5.74) is 0. The number of hydrogen-bond donors (Lipinski definition) is 2. The van der Waals surface area contributed by atoms with Crippen molar-refractivity contribution in [2.24, 2.45) is 11.8 Å². The van der Waals surface area contributed by atoms with Crippen LogP contribution in [0.2, 0.25) is 5.04 Å². The molecule has 2 aliphatic rings. The first kappa shape index (κ1) is 42.9. The Labute approximate surface area is 319 Å². The molecule has 0 bridgehead atoms. The lowest BCUT2D eigenvalue weighted by molar-refractivity contribution is -0.181. The van der Waals surface area contributed by atoms with Gasteiger partial charge in [-0.05, 0) is 46.5 Å². The second-order valence-electron chi connectivity index (χ2n) is 15.2. The van der Waals surface area contributed by atoms with Crippen LogP contribution in [0.3, 0.4) is 0 Å². The molecule has 2 fully saturated rings. The maximum atomic E-state index is 14.7. The Balaban J connectivity index is 1.63. The molecule has 2 amide bonds. The number of fused-ring (bicyclic) bond motifs is 1. The number of amides is 2. The van der Waals surface area contributed by atoms with Gasteiger partial charge in [0.2, 0.25) is 5.91 Å². The second-order valence-corrected chi connectivity index (χ2v) is 20.0. The van der Waals surface area contributed by atoms with Gasteiger partial charge in [0.15, 0.2) is 6.10 Å². The zero-order chi connectivity index (χ0) is 38.9. The van der Waals surface area contributed by atoms with Crippen LogP contribution in [0.25, 0.3) is 0 Å². The van der Waals surface area contributed by atoms with Crippen LogP contribution in [0, 0.1) is 11.8 Å². The van der Waals surface area contributed by atoms with E-state index in [0.717, 1.165) is 10.4 Å². The van der Waals surface area contributed by atoms with Crippen molar-refractivity contribution >= 4 is 48.1 Å². The second kappa shape index (κ2) is 19.1. The number of carboxylic acid groups (broad SMARTS) is 1. The van der Waals surface area contributed by atoms with Crippen molar-refractivity contribution in [3.63, 3.8) is 0 Å². The summed E-state index contributed by atoms with van der Waals surface area (Å²) in [6.45, 7) is 10.0. The Bertz CT molecular complexity index is 1440. The van der Waals surface area contributed by atoms with Crippen LogP contribution in [-0.2, 0) is 42.5 Å². The molecule has 1 heterocycles. The largest absolute Gasteiger partial charge is 0.480 e. The maximum Gasteiger partial charge on any atom is 0.326 e. The summed E-state index contributed by atoms with van der Waals surface area (Å²) in [6.07, 6.45) is -1.01. The van der Waals surface area contributed by atoms with Gasteiger partial charge >= 0.3 is 5.97 Å². The van der Waals surface area contributed by atoms with E-state index < -0.39 is 61.8 Å². The molecule has 12 nitrogen and oxygen atoms in total. The molecule has 0 spiro atoms. The molecule has 2 aromatic carbocycles. The van der Waals surface area contributed by atoms with E-state index in [2.05, 4.69) is 50.4 Å². The summed E-state index contributed by atoms with van der Waals surface area (Å²) < 4.78 is 34.9. The highest BCUT2D eigenvalue weighted by atomic mass is 35.5. The van der Waals surface area contributed by atoms with Gasteiger partial charge in [0, 0.05) is 27.4 Å². The number of ether oxygens (including phenoxy) is 5. The number of rotatable bonds is 18. The standard InChI is InChI=1S/C39H57ClN2O10Si/c1-25(2)34(40)35(37(44)42-29-21-32(51-24-48-7)31(50-23-47-6)20-26(29)19-30(42)38(45)46)41-36(43)33(49-8)22-52-53(39(3,4)5,27-15-11-9-12-16-27)28-17-13-10-14-18-28/h9-18,25-26,29-35H,19-24H2,1-8H3,(H,41,43)(H,45,46)/t26-,29+,30+,31+,32+,33-,34-,35-/m1/s1. The van der Waals surface area contributed by atoms with Crippen molar-refractivity contribution in [3.8, 4) is 0 Å². The van der Waals surface area contributed by atoms with E-state index in [0.29, 0.717) is 12.8 Å². The summed E-state index contributed by atoms with van der Waals surface area (Å²) in [4.78, 5) is 43.0. The topological polar surface area (TPSA) is 142 Å². The zero-order valence-electron chi connectivity index (χ0n) is 32.2. The predicted molar refractivity (Wildman–Crippen MR) is 204 cm³/mol. The van der Waals surface area contributed by atoms with Gasteiger partial charge in [0.05, 0.1) is 24.2 Å². The van der Waals surface area contributed by atoms with Gasteiger partial charge in [-0.2, -0.15) is 0 Å². The average Bonchev–Trinajstić information content (AvgIpc) is 3.52. The van der Waals surface area contributed by atoms with Crippen molar-refractivity contribution in [3.05, 3.63) is 60.7 Å². The van der Waals surface area contributed by atoms with Gasteiger partial charge in [-0.1, -0.05) is 95.3 Å². The minimum atomic E-state index is -3.03.